The molecule has 0 bridgehead atoms. The number of carbonyl (C=O) groups is 1. The number of anilines is 1. The maximum Gasteiger partial charge on any atom is 0.226 e. The van der Waals surface area contributed by atoms with E-state index in [1.54, 1.807) is 12.4 Å². The lowest BCUT2D eigenvalue weighted by Crippen LogP contribution is -2.45. The third kappa shape index (κ3) is 3.20. The predicted molar refractivity (Wildman–Crippen MR) is 104 cm³/mol. The minimum Gasteiger partial charge on any atom is -0.341 e. The molecule has 1 saturated carbocycles. The fourth-order valence-corrected chi connectivity index (χ4v) is 4.76. The normalized spacial score (nSPS) is 22.5. The summed E-state index contributed by atoms with van der Waals surface area (Å²) >= 11 is 0. The number of benzene rings is 1. The van der Waals surface area contributed by atoms with E-state index >= 15 is 0 Å². The Morgan fingerprint density at radius 1 is 0.963 bits per heavy atom. The Bertz CT molecular complexity index is 812. The van der Waals surface area contributed by atoms with Gasteiger partial charge in [-0.05, 0) is 55.7 Å². The summed E-state index contributed by atoms with van der Waals surface area (Å²) in [4.78, 5) is 26.7. The van der Waals surface area contributed by atoms with E-state index in [4.69, 9.17) is 0 Å². The summed E-state index contributed by atoms with van der Waals surface area (Å²) < 4.78 is 0. The van der Waals surface area contributed by atoms with E-state index in [2.05, 4.69) is 44.0 Å². The molecule has 0 spiro atoms. The third-order valence-electron chi connectivity index (χ3n) is 6.31. The van der Waals surface area contributed by atoms with Crippen LogP contribution >= 0.6 is 0 Å². The molecule has 2 aromatic rings. The van der Waals surface area contributed by atoms with Crippen LogP contribution in [0.2, 0.25) is 0 Å². The van der Waals surface area contributed by atoms with Crippen LogP contribution in [0.5, 0.6) is 0 Å². The van der Waals surface area contributed by atoms with Gasteiger partial charge in [0.25, 0.3) is 0 Å². The van der Waals surface area contributed by atoms with Gasteiger partial charge >= 0.3 is 0 Å². The molecule has 0 radical (unpaired) electrons. The molecule has 1 saturated heterocycles. The Kier molecular flexibility index (Phi) is 4.30. The van der Waals surface area contributed by atoms with Gasteiger partial charge in [-0.1, -0.05) is 24.3 Å². The molecule has 5 rings (SSSR count). The lowest BCUT2D eigenvalue weighted by molar-refractivity contribution is -0.139. The van der Waals surface area contributed by atoms with E-state index in [9.17, 15) is 4.79 Å². The average molecular weight is 362 g/mol. The molecule has 27 heavy (non-hydrogen) atoms. The molecule has 2 fully saturated rings. The van der Waals surface area contributed by atoms with Crippen LogP contribution in [-0.4, -0.2) is 39.9 Å². The lowest BCUT2D eigenvalue weighted by Gasteiger charge is -2.37. The topological polar surface area (TPSA) is 49.3 Å². The van der Waals surface area contributed by atoms with Gasteiger partial charge in [0.2, 0.25) is 11.9 Å². The van der Waals surface area contributed by atoms with E-state index in [0.29, 0.717) is 11.9 Å². The van der Waals surface area contributed by atoms with Crippen LogP contribution in [0.1, 0.15) is 49.3 Å². The highest BCUT2D eigenvalue weighted by atomic mass is 16.2. The predicted octanol–water partition coefficient (Wildman–Crippen LogP) is 3.37. The Morgan fingerprint density at radius 2 is 1.70 bits per heavy atom. The highest BCUT2D eigenvalue weighted by Gasteiger charge is 2.42. The van der Waals surface area contributed by atoms with Crippen molar-refractivity contribution in [3.8, 4) is 0 Å². The molecule has 3 aliphatic rings. The first-order valence-electron chi connectivity index (χ1n) is 10.2. The zero-order valence-corrected chi connectivity index (χ0v) is 15.6. The number of fused-ring (bicyclic) bond motifs is 1. The lowest BCUT2D eigenvalue weighted by atomic mass is 9.94. The molecule has 1 atom stereocenters. The number of aryl methyl sites for hydroxylation is 1. The van der Waals surface area contributed by atoms with Crippen LogP contribution in [0.15, 0.2) is 42.7 Å². The number of nitrogens with zero attached hydrogens (tertiary/aromatic N) is 4. The maximum atomic E-state index is 13.5. The molecular formula is C22H26N4O. The monoisotopic (exact) mass is 362 g/mol. The van der Waals surface area contributed by atoms with Crippen LogP contribution < -0.4 is 4.90 Å². The maximum absolute atomic E-state index is 13.5. The van der Waals surface area contributed by atoms with Crippen molar-refractivity contribution < 1.29 is 4.79 Å². The molecular weight excluding hydrogens is 336 g/mol. The Morgan fingerprint density at radius 3 is 2.44 bits per heavy atom. The second kappa shape index (κ2) is 6.95. The van der Waals surface area contributed by atoms with Gasteiger partial charge in [0.15, 0.2) is 0 Å². The molecule has 0 unspecified atom stereocenters. The van der Waals surface area contributed by atoms with Crippen molar-refractivity contribution in [1.82, 2.24) is 14.9 Å². The summed E-state index contributed by atoms with van der Waals surface area (Å²) in [5, 5.41) is 0. The number of carbonyl (C=O) groups excluding carboxylic acids is 1. The number of amides is 1. The van der Waals surface area contributed by atoms with Crippen LogP contribution in [0.4, 0.5) is 5.95 Å². The summed E-state index contributed by atoms with van der Waals surface area (Å²) in [6.45, 7) is 1.72. The highest BCUT2D eigenvalue weighted by molar-refractivity contribution is 5.80. The summed E-state index contributed by atoms with van der Waals surface area (Å²) in [6, 6.07) is 11.3. The molecule has 140 valence electrons. The van der Waals surface area contributed by atoms with Crippen molar-refractivity contribution >= 4 is 11.9 Å². The fraction of sp³-hybridized carbons (Fsp3) is 0.500. The molecule has 1 aromatic carbocycles. The van der Waals surface area contributed by atoms with E-state index in [1.807, 2.05) is 6.07 Å². The summed E-state index contributed by atoms with van der Waals surface area (Å²) in [5.74, 6) is 1.30. The smallest absolute Gasteiger partial charge is 0.226 e. The van der Waals surface area contributed by atoms with Gasteiger partial charge in [0, 0.05) is 37.4 Å². The number of hydrogen-bond donors (Lipinski definition) is 0. The van der Waals surface area contributed by atoms with Crippen molar-refractivity contribution in [2.75, 3.05) is 18.0 Å². The van der Waals surface area contributed by atoms with E-state index in [1.165, 1.54) is 24.0 Å². The Labute approximate surface area is 160 Å². The molecule has 5 nitrogen and oxygen atoms in total. The van der Waals surface area contributed by atoms with Gasteiger partial charge in [-0.25, -0.2) is 9.97 Å². The van der Waals surface area contributed by atoms with Gasteiger partial charge in [0.1, 0.15) is 0 Å². The first-order valence-corrected chi connectivity index (χ1v) is 10.2. The van der Waals surface area contributed by atoms with Crippen LogP contribution in [0.3, 0.4) is 0 Å². The summed E-state index contributed by atoms with van der Waals surface area (Å²) in [7, 11) is 0. The fourth-order valence-electron chi connectivity index (χ4n) is 4.76. The van der Waals surface area contributed by atoms with Crippen molar-refractivity contribution in [2.24, 2.45) is 5.92 Å². The minimum atomic E-state index is 0.137. The van der Waals surface area contributed by atoms with Gasteiger partial charge in [-0.3, -0.25) is 4.79 Å². The van der Waals surface area contributed by atoms with Crippen molar-refractivity contribution in [1.29, 1.82) is 0 Å². The molecule has 2 aliphatic carbocycles. The SMILES string of the molecule is O=C(C1CCN(c2ncccn2)CC1)N(C1CC1)[C@@H]1CCc2ccccc21. The summed E-state index contributed by atoms with van der Waals surface area (Å²) in [6.07, 6.45) is 9.88. The van der Waals surface area contributed by atoms with Crippen molar-refractivity contribution in [3.63, 3.8) is 0 Å². The first-order chi connectivity index (χ1) is 13.3. The number of aromatic nitrogens is 2. The Hall–Kier alpha value is -2.43. The van der Waals surface area contributed by atoms with E-state index < -0.39 is 0 Å². The van der Waals surface area contributed by atoms with Gasteiger partial charge in [-0.2, -0.15) is 0 Å². The van der Waals surface area contributed by atoms with E-state index in [0.717, 1.165) is 44.7 Å². The standard InChI is InChI=1S/C22H26N4O/c27-21(17-10-14-25(15-11-17)22-23-12-3-13-24-22)26(18-7-8-18)20-9-6-16-4-1-2-5-19(16)20/h1-5,12-13,17-18,20H,6-11,14-15H2/t20-/m1/s1. The second-order valence-electron chi connectivity index (χ2n) is 8.04. The average Bonchev–Trinajstić information content (AvgIpc) is 3.48. The van der Waals surface area contributed by atoms with Crippen molar-refractivity contribution in [2.45, 2.75) is 50.6 Å². The molecule has 5 heteroatoms. The first kappa shape index (κ1) is 16.7. The minimum absolute atomic E-state index is 0.137. The van der Waals surface area contributed by atoms with Gasteiger partial charge in [-0.15, -0.1) is 0 Å². The molecule has 2 heterocycles. The zero-order chi connectivity index (χ0) is 18.2. The molecule has 1 amide bonds. The Balaban J connectivity index is 1.30. The van der Waals surface area contributed by atoms with Crippen LogP contribution in [0, 0.1) is 5.92 Å². The third-order valence-corrected chi connectivity index (χ3v) is 6.31. The van der Waals surface area contributed by atoms with Crippen LogP contribution in [-0.2, 0) is 11.2 Å². The van der Waals surface area contributed by atoms with E-state index in [-0.39, 0.29) is 12.0 Å². The number of rotatable bonds is 4. The molecule has 1 aromatic heterocycles. The van der Waals surface area contributed by atoms with Gasteiger partial charge in [0.05, 0.1) is 6.04 Å². The molecule has 1 aliphatic heterocycles. The quantitative estimate of drug-likeness (QED) is 0.837. The highest BCUT2D eigenvalue weighted by Crippen LogP contribution is 2.43. The second-order valence-corrected chi connectivity index (χ2v) is 8.04. The largest absolute Gasteiger partial charge is 0.341 e. The van der Waals surface area contributed by atoms with Crippen molar-refractivity contribution in [3.05, 3.63) is 53.9 Å². The summed E-state index contributed by atoms with van der Waals surface area (Å²) in [5.41, 5.74) is 2.81. The zero-order valence-electron chi connectivity index (χ0n) is 15.6. The molecule has 0 N–H and O–H groups in total. The number of piperidine rings is 1. The van der Waals surface area contributed by atoms with Crippen LogP contribution in [0.25, 0.3) is 0 Å². The van der Waals surface area contributed by atoms with Gasteiger partial charge < -0.3 is 9.80 Å². The number of hydrogen-bond acceptors (Lipinski definition) is 4.